The predicted molar refractivity (Wildman–Crippen MR) is 78.2 cm³/mol. The van der Waals surface area contributed by atoms with Crippen molar-refractivity contribution < 1.29 is 0 Å². The molecule has 0 spiro atoms. The highest BCUT2D eigenvalue weighted by Gasteiger charge is 2.13. The summed E-state index contributed by atoms with van der Waals surface area (Å²) in [6.07, 6.45) is 5.04. The third kappa shape index (κ3) is 3.56. The molecular weight excluding hydrogens is 220 g/mol. The van der Waals surface area contributed by atoms with E-state index in [0.717, 1.165) is 19.5 Å². The number of rotatable bonds is 6. The van der Waals surface area contributed by atoms with E-state index in [1.165, 1.54) is 24.8 Å². The lowest BCUT2D eigenvalue weighted by Gasteiger charge is -2.24. The van der Waals surface area contributed by atoms with Gasteiger partial charge in [-0.2, -0.15) is 0 Å². The van der Waals surface area contributed by atoms with Crippen molar-refractivity contribution in [1.82, 2.24) is 10.6 Å². The Kier molecular flexibility index (Phi) is 4.41. The van der Waals surface area contributed by atoms with Crippen molar-refractivity contribution in [2.45, 2.75) is 45.1 Å². The average Bonchev–Trinajstić information content (AvgIpc) is 2.82. The first kappa shape index (κ1) is 13.6. The van der Waals surface area contributed by atoms with Gasteiger partial charge in [0.2, 0.25) is 0 Å². The van der Waals surface area contributed by atoms with Crippen LogP contribution in [0.4, 0.5) is 0 Å². The highest BCUT2D eigenvalue weighted by atomic mass is 15.0. The molecule has 0 aliphatic heterocycles. The van der Waals surface area contributed by atoms with Gasteiger partial charge in [0.05, 0.1) is 0 Å². The lowest BCUT2D eigenvalue weighted by Crippen LogP contribution is -2.46. The van der Waals surface area contributed by atoms with E-state index in [4.69, 9.17) is 0 Å². The van der Waals surface area contributed by atoms with Gasteiger partial charge in [-0.3, -0.25) is 0 Å². The summed E-state index contributed by atoms with van der Waals surface area (Å²) in [7, 11) is 2.02. The van der Waals surface area contributed by atoms with E-state index < -0.39 is 0 Å². The predicted octanol–water partition coefficient (Wildman–Crippen LogP) is 2.31. The third-order valence-corrected chi connectivity index (χ3v) is 4.00. The fourth-order valence-electron chi connectivity index (χ4n) is 2.50. The molecule has 0 fully saturated rings. The minimum Gasteiger partial charge on any atom is -0.315 e. The second-order valence-electron chi connectivity index (χ2n) is 6.02. The zero-order valence-corrected chi connectivity index (χ0v) is 12.0. The molecular formula is C16H26N2. The second kappa shape index (κ2) is 5.85. The summed E-state index contributed by atoms with van der Waals surface area (Å²) < 4.78 is 0. The van der Waals surface area contributed by atoms with Crippen LogP contribution < -0.4 is 10.6 Å². The van der Waals surface area contributed by atoms with Crippen molar-refractivity contribution >= 4 is 0 Å². The van der Waals surface area contributed by atoms with Crippen molar-refractivity contribution in [1.29, 1.82) is 0 Å². The lowest BCUT2D eigenvalue weighted by molar-refractivity contribution is 0.395. The zero-order valence-electron chi connectivity index (χ0n) is 12.0. The number of likely N-dealkylation sites (N-methyl/N-ethyl adjacent to an activating group) is 1. The third-order valence-electron chi connectivity index (χ3n) is 4.00. The summed E-state index contributed by atoms with van der Waals surface area (Å²) in [4.78, 5) is 0. The van der Waals surface area contributed by atoms with Crippen LogP contribution >= 0.6 is 0 Å². The van der Waals surface area contributed by atoms with Gasteiger partial charge < -0.3 is 10.6 Å². The van der Waals surface area contributed by atoms with Crippen LogP contribution in [0.15, 0.2) is 18.2 Å². The van der Waals surface area contributed by atoms with Gasteiger partial charge in [-0.05, 0) is 69.8 Å². The topological polar surface area (TPSA) is 24.1 Å². The van der Waals surface area contributed by atoms with Crippen LogP contribution in [-0.2, 0) is 19.3 Å². The molecule has 1 aliphatic carbocycles. The molecule has 2 N–H and O–H groups in total. The smallest absolute Gasteiger partial charge is 0.0246 e. The summed E-state index contributed by atoms with van der Waals surface area (Å²) in [5.74, 6) is 0. The zero-order chi connectivity index (χ0) is 13.0. The monoisotopic (exact) mass is 246 g/mol. The highest BCUT2D eigenvalue weighted by molar-refractivity contribution is 5.35. The second-order valence-corrected chi connectivity index (χ2v) is 6.02. The molecule has 0 atom stereocenters. The van der Waals surface area contributed by atoms with Gasteiger partial charge in [0.1, 0.15) is 0 Å². The van der Waals surface area contributed by atoms with Crippen molar-refractivity contribution in [2.75, 3.05) is 20.1 Å². The summed E-state index contributed by atoms with van der Waals surface area (Å²) >= 11 is 0. The van der Waals surface area contributed by atoms with Gasteiger partial charge in [-0.25, -0.2) is 0 Å². The van der Waals surface area contributed by atoms with Gasteiger partial charge in [0, 0.05) is 12.1 Å². The maximum Gasteiger partial charge on any atom is 0.0246 e. The van der Waals surface area contributed by atoms with Crippen LogP contribution in [0.2, 0.25) is 0 Å². The molecule has 2 nitrogen and oxygen atoms in total. The summed E-state index contributed by atoms with van der Waals surface area (Å²) in [5.41, 5.74) is 4.81. The van der Waals surface area contributed by atoms with Crippen LogP contribution in [0, 0.1) is 0 Å². The van der Waals surface area contributed by atoms with Gasteiger partial charge in [0.15, 0.2) is 0 Å². The van der Waals surface area contributed by atoms with Gasteiger partial charge >= 0.3 is 0 Å². The Morgan fingerprint density at radius 2 is 1.94 bits per heavy atom. The fourth-order valence-corrected chi connectivity index (χ4v) is 2.50. The summed E-state index contributed by atoms with van der Waals surface area (Å²) in [6.45, 7) is 6.50. The normalized spacial score (nSPS) is 14.8. The minimum atomic E-state index is 0.179. The summed E-state index contributed by atoms with van der Waals surface area (Å²) in [6, 6.07) is 7.04. The number of hydrogen-bond acceptors (Lipinski definition) is 2. The molecule has 1 aromatic rings. The Morgan fingerprint density at radius 3 is 2.72 bits per heavy atom. The first-order valence-corrected chi connectivity index (χ1v) is 7.11. The number of aryl methyl sites for hydroxylation is 2. The largest absolute Gasteiger partial charge is 0.315 e. The summed E-state index contributed by atoms with van der Waals surface area (Å²) in [5, 5.41) is 6.84. The van der Waals surface area contributed by atoms with Crippen LogP contribution in [0.1, 0.15) is 37.0 Å². The van der Waals surface area contributed by atoms with Crippen LogP contribution in [0.25, 0.3) is 0 Å². The molecule has 100 valence electrons. The molecule has 0 heterocycles. The average molecular weight is 246 g/mol. The van der Waals surface area contributed by atoms with Crippen LogP contribution in [-0.4, -0.2) is 25.7 Å². The highest BCUT2D eigenvalue weighted by Crippen LogP contribution is 2.22. The number of benzene rings is 1. The van der Waals surface area contributed by atoms with E-state index in [1.807, 2.05) is 7.05 Å². The fraction of sp³-hybridized carbons (Fsp3) is 0.625. The molecule has 0 saturated carbocycles. The molecule has 0 radical (unpaired) electrons. The Bertz CT molecular complexity index is 396. The maximum atomic E-state index is 3.53. The van der Waals surface area contributed by atoms with Crippen LogP contribution in [0.3, 0.4) is 0 Å². The SMILES string of the molecule is CNC(C)(C)CNCCc1ccc2c(c1)CCC2. The van der Waals surface area contributed by atoms with E-state index in [9.17, 15) is 0 Å². The first-order valence-electron chi connectivity index (χ1n) is 7.11. The molecule has 2 rings (SSSR count). The van der Waals surface area contributed by atoms with E-state index in [-0.39, 0.29) is 5.54 Å². The number of hydrogen-bond donors (Lipinski definition) is 2. The minimum absolute atomic E-state index is 0.179. The van der Waals surface area contributed by atoms with Gasteiger partial charge in [-0.15, -0.1) is 0 Å². The van der Waals surface area contributed by atoms with Crippen molar-refractivity contribution in [3.05, 3.63) is 34.9 Å². The van der Waals surface area contributed by atoms with Crippen molar-refractivity contribution in [3.63, 3.8) is 0 Å². The Morgan fingerprint density at radius 1 is 1.17 bits per heavy atom. The molecule has 0 amide bonds. The molecule has 2 heteroatoms. The first-order chi connectivity index (χ1) is 8.61. The molecule has 0 bridgehead atoms. The van der Waals surface area contributed by atoms with E-state index in [0.29, 0.717) is 0 Å². The van der Waals surface area contributed by atoms with Gasteiger partial charge in [0.25, 0.3) is 0 Å². The molecule has 1 aliphatic rings. The van der Waals surface area contributed by atoms with Gasteiger partial charge in [-0.1, -0.05) is 18.2 Å². The standard InChI is InChI=1S/C16H26N2/c1-16(2,17-3)12-18-10-9-13-7-8-14-5-4-6-15(14)11-13/h7-8,11,17-18H,4-6,9-10,12H2,1-3H3. The van der Waals surface area contributed by atoms with E-state index >= 15 is 0 Å². The lowest BCUT2D eigenvalue weighted by atomic mass is 10.0. The van der Waals surface area contributed by atoms with Crippen molar-refractivity contribution in [2.24, 2.45) is 0 Å². The molecule has 0 aromatic heterocycles. The number of fused-ring (bicyclic) bond motifs is 1. The van der Waals surface area contributed by atoms with E-state index in [1.54, 1.807) is 11.1 Å². The van der Waals surface area contributed by atoms with E-state index in [2.05, 4.69) is 42.7 Å². The maximum absolute atomic E-state index is 3.53. The molecule has 0 unspecified atom stereocenters. The Balaban J connectivity index is 1.77. The molecule has 0 saturated heterocycles. The molecule has 1 aromatic carbocycles. The number of nitrogens with one attached hydrogen (secondary N) is 2. The Labute approximate surface area is 111 Å². The molecule has 18 heavy (non-hydrogen) atoms. The quantitative estimate of drug-likeness (QED) is 0.753. The Hall–Kier alpha value is -0.860. The van der Waals surface area contributed by atoms with Crippen LogP contribution in [0.5, 0.6) is 0 Å². The van der Waals surface area contributed by atoms with Crippen molar-refractivity contribution in [3.8, 4) is 0 Å².